The predicted molar refractivity (Wildman–Crippen MR) is 35.0 cm³/mol. The number of Topliss-reactive ketones (excluding diaryl/α,β-unsaturated/α-hetero) is 1. The van der Waals surface area contributed by atoms with Crippen molar-refractivity contribution in [1.82, 2.24) is 0 Å². The summed E-state index contributed by atoms with van der Waals surface area (Å²) in [7, 11) is 0. The zero-order valence-corrected chi connectivity index (χ0v) is 5.61. The van der Waals surface area contributed by atoms with Crippen LogP contribution in [0.15, 0.2) is 11.1 Å². The quantitative estimate of drug-likeness (QED) is 0.477. The molecule has 0 aromatic carbocycles. The van der Waals surface area contributed by atoms with Crippen molar-refractivity contribution >= 4 is 5.78 Å². The zero-order valence-electron chi connectivity index (χ0n) is 5.61. The molecule has 1 unspecified atom stereocenters. The molecule has 2 aliphatic rings. The van der Waals surface area contributed by atoms with E-state index in [9.17, 15) is 4.79 Å². The molecule has 0 amide bonds. The molecule has 48 valence electrons. The van der Waals surface area contributed by atoms with E-state index < -0.39 is 0 Å². The molecule has 0 saturated heterocycles. The molecule has 1 atom stereocenters. The predicted octanol–water partition coefficient (Wildman–Crippen LogP) is 1.69. The fraction of sp³-hybridized carbons (Fsp3) is 0.625. The first-order valence-corrected chi connectivity index (χ1v) is 3.54. The Morgan fingerprint density at radius 1 is 1.44 bits per heavy atom. The summed E-state index contributed by atoms with van der Waals surface area (Å²) < 4.78 is 0. The SMILES string of the molecule is CC1CC2=C1CCC2=O. The first-order valence-electron chi connectivity index (χ1n) is 3.54. The highest BCUT2D eigenvalue weighted by molar-refractivity contribution is 6.00. The number of rotatable bonds is 0. The van der Waals surface area contributed by atoms with Crippen LogP contribution in [0.1, 0.15) is 26.2 Å². The number of allylic oxidation sites excluding steroid dienone is 2. The van der Waals surface area contributed by atoms with E-state index in [0.717, 1.165) is 25.2 Å². The Bertz CT molecular complexity index is 201. The first-order chi connectivity index (χ1) is 4.29. The summed E-state index contributed by atoms with van der Waals surface area (Å²) in [5.74, 6) is 1.15. The highest BCUT2D eigenvalue weighted by Crippen LogP contribution is 2.42. The molecule has 2 rings (SSSR count). The van der Waals surface area contributed by atoms with Gasteiger partial charge in [-0.05, 0) is 24.3 Å². The zero-order chi connectivity index (χ0) is 6.43. The Labute approximate surface area is 54.8 Å². The van der Waals surface area contributed by atoms with Gasteiger partial charge in [0.1, 0.15) is 0 Å². The Hall–Kier alpha value is -0.590. The topological polar surface area (TPSA) is 17.1 Å². The van der Waals surface area contributed by atoms with Crippen molar-refractivity contribution in [2.75, 3.05) is 0 Å². The van der Waals surface area contributed by atoms with Crippen molar-refractivity contribution < 1.29 is 4.79 Å². The molecule has 1 nitrogen and oxygen atoms in total. The van der Waals surface area contributed by atoms with E-state index >= 15 is 0 Å². The Morgan fingerprint density at radius 2 is 2.22 bits per heavy atom. The van der Waals surface area contributed by atoms with Gasteiger partial charge >= 0.3 is 0 Å². The highest BCUT2D eigenvalue weighted by Gasteiger charge is 2.34. The number of carbonyl (C=O) groups is 1. The van der Waals surface area contributed by atoms with Crippen LogP contribution in [0.4, 0.5) is 0 Å². The smallest absolute Gasteiger partial charge is 0.159 e. The molecule has 0 bridgehead atoms. The van der Waals surface area contributed by atoms with Crippen LogP contribution in [0.25, 0.3) is 0 Å². The fourth-order valence-electron chi connectivity index (χ4n) is 1.82. The van der Waals surface area contributed by atoms with Crippen molar-refractivity contribution in [2.45, 2.75) is 26.2 Å². The molecule has 0 aliphatic heterocycles. The summed E-state index contributed by atoms with van der Waals surface area (Å²) in [4.78, 5) is 10.9. The lowest BCUT2D eigenvalue weighted by atomic mass is 9.80. The summed E-state index contributed by atoms with van der Waals surface area (Å²) in [6, 6.07) is 0. The van der Waals surface area contributed by atoms with Crippen LogP contribution in [0.3, 0.4) is 0 Å². The first kappa shape index (κ1) is 5.21. The average molecular weight is 122 g/mol. The maximum absolute atomic E-state index is 10.9. The van der Waals surface area contributed by atoms with Gasteiger partial charge in [0.2, 0.25) is 0 Å². The van der Waals surface area contributed by atoms with Crippen LogP contribution in [0, 0.1) is 5.92 Å². The van der Waals surface area contributed by atoms with Gasteiger partial charge in [0.05, 0.1) is 0 Å². The molecule has 0 heterocycles. The second-order valence-electron chi connectivity index (χ2n) is 3.03. The van der Waals surface area contributed by atoms with Gasteiger partial charge in [-0.1, -0.05) is 12.5 Å². The van der Waals surface area contributed by atoms with Gasteiger partial charge in [0, 0.05) is 6.42 Å². The summed E-state index contributed by atoms with van der Waals surface area (Å²) in [5.41, 5.74) is 2.63. The van der Waals surface area contributed by atoms with E-state index in [2.05, 4.69) is 6.92 Å². The van der Waals surface area contributed by atoms with Crippen LogP contribution >= 0.6 is 0 Å². The molecule has 0 N–H and O–H groups in total. The molecule has 0 fully saturated rings. The molecular formula is C8H10O. The van der Waals surface area contributed by atoms with Crippen LogP contribution < -0.4 is 0 Å². The van der Waals surface area contributed by atoms with Crippen molar-refractivity contribution in [3.63, 3.8) is 0 Å². The molecular weight excluding hydrogens is 112 g/mol. The monoisotopic (exact) mass is 122 g/mol. The average Bonchev–Trinajstić information content (AvgIpc) is 2.07. The lowest BCUT2D eigenvalue weighted by Gasteiger charge is -2.23. The number of hydrogen-bond donors (Lipinski definition) is 0. The minimum atomic E-state index is 0.420. The minimum Gasteiger partial charge on any atom is -0.295 e. The van der Waals surface area contributed by atoms with Gasteiger partial charge in [-0.25, -0.2) is 0 Å². The summed E-state index contributed by atoms with van der Waals surface area (Å²) in [6.07, 6.45) is 2.93. The summed E-state index contributed by atoms with van der Waals surface area (Å²) in [5, 5.41) is 0. The Balaban J connectivity index is 2.34. The lowest BCUT2D eigenvalue weighted by molar-refractivity contribution is -0.115. The highest BCUT2D eigenvalue weighted by atomic mass is 16.1. The van der Waals surface area contributed by atoms with Gasteiger partial charge in [0.15, 0.2) is 5.78 Å². The molecule has 1 heteroatoms. The van der Waals surface area contributed by atoms with E-state index in [-0.39, 0.29) is 0 Å². The van der Waals surface area contributed by atoms with Gasteiger partial charge < -0.3 is 0 Å². The maximum atomic E-state index is 10.9. The third-order valence-electron chi connectivity index (χ3n) is 2.45. The standard InChI is InChI=1S/C8H10O/c1-5-4-7-6(5)2-3-8(7)9/h5H,2-4H2,1H3. The van der Waals surface area contributed by atoms with Crippen molar-refractivity contribution in [3.8, 4) is 0 Å². The molecule has 0 aromatic rings. The van der Waals surface area contributed by atoms with Crippen LogP contribution in [0.2, 0.25) is 0 Å². The van der Waals surface area contributed by atoms with E-state index in [1.54, 1.807) is 0 Å². The van der Waals surface area contributed by atoms with Gasteiger partial charge in [-0.2, -0.15) is 0 Å². The summed E-state index contributed by atoms with van der Waals surface area (Å²) >= 11 is 0. The second-order valence-corrected chi connectivity index (χ2v) is 3.03. The lowest BCUT2D eigenvalue weighted by Crippen LogP contribution is -2.14. The number of ketones is 1. The van der Waals surface area contributed by atoms with Gasteiger partial charge in [-0.15, -0.1) is 0 Å². The third-order valence-corrected chi connectivity index (χ3v) is 2.45. The van der Waals surface area contributed by atoms with Crippen molar-refractivity contribution in [2.24, 2.45) is 5.92 Å². The fourth-order valence-corrected chi connectivity index (χ4v) is 1.82. The van der Waals surface area contributed by atoms with Gasteiger partial charge in [0.25, 0.3) is 0 Å². The van der Waals surface area contributed by atoms with E-state index in [0.29, 0.717) is 5.78 Å². The minimum absolute atomic E-state index is 0.420. The number of hydrogen-bond acceptors (Lipinski definition) is 1. The summed E-state index contributed by atoms with van der Waals surface area (Å²) in [6.45, 7) is 2.21. The van der Waals surface area contributed by atoms with Gasteiger partial charge in [-0.3, -0.25) is 4.79 Å². The van der Waals surface area contributed by atoms with Crippen molar-refractivity contribution in [3.05, 3.63) is 11.1 Å². The Kier molecular flexibility index (Phi) is 0.850. The van der Waals surface area contributed by atoms with E-state index in [1.165, 1.54) is 11.1 Å². The molecule has 9 heavy (non-hydrogen) atoms. The van der Waals surface area contributed by atoms with Crippen molar-refractivity contribution in [1.29, 1.82) is 0 Å². The van der Waals surface area contributed by atoms with E-state index in [1.807, 2.05) is 0 Å². The molecule has 0 aromatic heterocycles. The molecule has 2 aliphatic carbocycles. The van der Waals surface area contributed by atoms with Crippen LogP contribution in [0.5, 0.6) is 0 Å². The molecule has 0 saturated carbocycles. The third kappa shape index (κ3) is 0.521. The maximum Gasteiger partial charge on any atom is 0.159 e. The van der Waals surface area contributed by atoms with Crippen LogP contribution in [-0.4, -0.2) is 5.78 Å². The molecule has 0 radical (unpaired) electrons. The van der Waals surface area contributed by atoms with E-state index in [4.69, 9.17) is 0 Å². The number of carbonyl (C=O) groups excluding carboxylic acids is 1. The molecule has 0 spiro atoms. The Morgan fingerprint density at radius 3 is 2.67 bits per heavy atom. The normalized spacial score (nSPS) is 32.6. The van der Waals surface area contributed by atoms with Crippen LogP contribution in [-0.2, 0) is 4.79 Å². The second kappa shape index (κ2) is 1.47. The largest absolute Gasteiger partial charge is 0.295 e.